The van der Waals surface area contributed by atoms with E-state index in [2.05, 4.69) is 0 Å². The topological polar surface area (TPSA) is 60.2 Å². The molecular weight excluding hydrogens is 190 g/mol. The molecule has 0 amide bonds. The summed E-state index contributed by atoms with van der Waals surface area (Å²) in [6, 6.07) is 2.93. The van der Waals surface area contributed by atoms with Gasteiger partial charge in [0, 0.05) is 12.0 Å². The van der Waals surface area contributed by atoms with Gasteiger partial charge < -0.3 is 0 Å². The summed E-state index contributed by atoms with van der Waals surface area (Å²) in [7, 11) is 0. The van der Waals surface area contributed by atoms with Crippen molar-refractivity contribution in [2.45, 2.75) is 12.8 Å². The number of rotatable bonds is 3. The second-order valence-corrected chi connectivity index (χ2v) is 4.10. The zero-order valence-corrected chi connectivity index (χ0v) is 7.54. The van der Waals surface area contributed by atoms with Gasteiger partial charge in [0.05, 0.1) is 9.80 Å². The fraction of sp³-hybridized carbons (Fsp3) is 0.375. The van der Waals surface area contributed by atoms with E-state index < -0.39 is 4.92 Å². The molecule has 0 spiro atoms. The summed E-state index contributed by atoms with van der Waals surface area (Å²) in [4.78, 5) is 21.8. The number of thiophene rings is 1. The second-order valence-electron chi connectivity index (χ2n) is 3.03. The lowest BCUT2D eigenvalue weighted by atomic mass is 10.2. The van der Waals surface area contributed by atoms with Gasteiger partial charge in [-0.25, -0.2) is 0 Å². The van der Waals surface area contributed by atoms with Crippen LogP contribution in [0.25, 0.3) is 0 Å². The van der Waals surface area contributed by atoms with Crippen LogP contribution in [-0.4, -0.2) is 10.7 Å². The number of nitrogens with zero attached hydrogens (tertiary/aromatic N) is 1. The molecule has 0 aliphatic heterocycles. The van der Waals surface area contributed by atoms with Crippen molar-refractivity contribution in [3.63, 3.8) is 0 Å². The zero-order valence-electron chi connectivity index (χ0n) is 6.73. The van der Waals surface area contributed by atoms with Gasteiger partial charge in [0.2, 0.25) is 0 Å². The van der Waals surface area contributed by atoms with Gasteiger partial charge in [-0.05, 0) is 18.9 Å². The van der Waals surface area contributed by atoms with Crippen molar-refractivity contribution in [3.8, 4) is 0 Å². The number of nitro groups is 1. The molecule has 0 atom stereocenters. The van der Waals surface area contributed by atoms with Crippen LogP contribution in [0.5, 0.6) is 0 Å². The summed E-state index contributed by atoms with van der Waals surface area (Å²) in [6.45, 7) is 0. The molecule has 0 aromatic carbocycles. The Morgan fingerprint density at radius 2 is 2.23 bits per heavy atom. The first-order valence-corrected chi connectivity index (χ1v) is 4.78. The van der Waals surface area contributed by atoms with E-state index in [-0.39, 0.29) is 16.7 Å². The van der Waals surface area contributed by atoms with Gasteiger partial charge in [0.25, 0.3) is 0 Å². The summed E-state index contributed by atoms with van der Waals surface area (Å²) in [5.41, 5.74) is 0. The molecule has 1 heterocycles. The Morgan fingerprint density at radius 1 is 1.54 bits per heavy atom. The highest BCUT2D eigenvalue weighted by Gasteiger charge is 2.32. The van der Waals surface area contributed by atoms with Crippen LogP contribution in [0, 0.1) is 16.0 Å². The Kier molecular flexibility index (Phi) is 1.88. The molecular formula is C8H7NO3S. The summed E-state index contributed by atoms with van der Waals surface area (Å²) in [6.07, 6.45) is 1.87. The average molecular weight is 197 g/mol. The summed E-state index contributed by atoms with van der Waals surface area (Å²) >= 11 is 0.969. The van der Waals surface area contributed by atoms with Crippen LogP contribution in [0.15, 0.2) is 12.1 Å². The minimum atomic E-state index is -0.464. The van der Waals surface area contributed by atoms with E-state index in [4.69, 9.17) is 0 Å². The molecule has 0 radical (unpaired) electrons. The van der Waals surface area contributed by atoms with Crippen LogP contribution >= 0.6 is 11.3 Å². The first kappa shape index (κ1) is 8.37. The van der Waals surface area contributed by atoms with Crippen LogP contribution in [0.1, 0.15) is 22.5 Å². The molecule has 1 saturated carbocycles. The Hall–Kier alpha value is -1.23. The molecule has 5 heteroatoms. The van der Waals surface area contributed by atoms with E-state index in [1.165, 1.54) is 6.07 Å². The predicted octanol–water partition coefficient (Wildman–Crippen LogP) is 2.25. The van der Waals surface area contributed by atoms with E-state index in [0.29, 0.717) is 4.88 Å². The van der Waals surface area contributed by atoms with Gasteiger partial charge in [-0.1, -0.05) is 11.3 Å². The quantitative estimate of drug-likeness (QED) is 0.424. The largest absolute Gasteiger partial charge is 0.324 e. The lowest BCUT2D eigenvalue weighted by Gasteiger charge is -1.89. The highest BCUT2D eigenvalue weighted by atomic mass is 32.1. The maximum atomic E-state index is 11.4. The third kappa shape index (κ3) is 1.60. The van der Waals surface area contributed by atoms with Crippen molar-refractivity contribution in [3.05, 3.63) is 27.1 Å². The number of hydrogen-bond donors (Lipinski definition) is 0. The molecule has 13 heavy (non-hydrogen) atoms. The SMILES string of the molecule is O=C(c1ccc([N+](=O)[O-])s1)C1CC1. The van der Waals surface area contributed by atoms with Gasteiger partial charge in [-0.3, -0.25) is 14.9 Å². The molecule has 4 nitrogen and oxygen atoms in total. The van der Waals surface area contributed by atoms with Crippen molar-refractivity contribution in [1.29, 1.82) is 0 Å². The number of carbonyl (C=O) groups excluding carboxylic acids is 1. The lowest BCUT2D eigenvalue weighted by Crippen LogP contribution is -1.96. The maximum Gasteiger partial charge on any atom is 0.324 e. The third-order valence-corrected chi connectivity index (χ3v) is 3.01. The van der Waals surface area contributed by atoms with Crippen LogP contribution in [0.4, 0.5) is 5.00 Å². The minimum absolute atomic E-state index is 0.0454. The highest BCUT2D eigenvalue weighted by Crippen LogP contribution is 2.35. The molecule has 2 rings (SSSR count). The first-order chi connectivity index (χ1) is 6.18. The van der Waals surface area contributed by atoms with E-state index in [1.807, 2.05) is 0 Å². The van der Waals surface area contributed by atoms with Crippen molar-refractivity contribution in [2.24, 2.45) is 5.92 Å². The van der Waals surface area contributed by atoms with Gasteiger partial charge in [-0.2, -0.15) is 0 Å². The summed E-state index contributed by atoms with van der Waals surface area (Å²) in [5.74, 6) is 0.205. The minimum Gasteiger partial charge on any atom is -0.293 e. The van der Waals surface area contributed by atoms with Crippen LogP contribution in [0.3, 0.4) is 0 Å². The number of hydrogen-bond acceptors (Lipinski definition) is 4. The van der Waals surface area contributed by atoms with Crippen molar-refractivity contribution in [1.82, 2.24) is 0 Å². The Bertz CT molecular complexity index is 367. The number of carbonyl (C=O) groups is 1. The average Bonchev–Trinajstić information content (AvgIpc) is 2.81. The zero-order chi connectivity index (χ0) is 9.42. The number of Topliss-reactive ketones (excluding diaryl/α,β-unsaturated/α-hetero) is 1. The molecule has 1 fully saturated rings. The van der Waals surface area contributed by atoms with Gasteiger partial charge in [0.15, 0.2) is 5.78 Å². The second kappa shape index (κ2) is 2.92. The molecule has 1 aromatic heterocycles. The molecule has 0 bridgehead atoms. The normalized spacial score (nSPS) is 15.7. The van der Waals surface area contributed by atoms with Gasteiger partial charge in [0.1, 0.15) is 0 Å². The molecule has 1 aromatic rings. The van der Waals surface area contributed by atoms with Crippen LogP contribution in [-0.2, 0) is 0 Å². The highest BCUT2D eigenvalue weighted by molar-refractivity contribution is 7.17. The van der Waals surface area contributed by atoms with Crippen LogP contribution < -0.4 is 0 Å². The van der Waals surface area contributed by atoms with E-state index in [1.54, 1.807) is 6.07 Å². The Labute approximate surface area is 78.3 Å². The molecule has 1 aliphatic carbocycles. The predicted molar refractivity (Wildman–Crippen MR) is 48.0 cm³/mol. The Balaban J connectivity index is 2.21. The summed E-state index contributed by atoms with van der Waals surface area (Å²) in [5, 5.41) is 10.4. The van der Waals surface area contributed by atoms with Gasteiger partial charge in [-0.15, -0.1) is 0 Å². The molecule has 1 aliphatic rings. The monoisotopic (exact) mass is 197 g/mol. The maximum absolute atomic E-state index is 11.4. The van der Waals surface area contributed by atoms with E-state index in [9.17, 15) is 14.9 Å². The van der Waals surface area contributed by atoms with Crippen LogP contribution in [0.2, 0.25) is 0 Å². The van der Waals surface area contributed by atoms with Crippen molar-refractivity contribution in [2.75, 3.05) is 0 Å². The fourth-order valence-electron chi connectivity index (χ4n) is 1.10. The standard InChI is InChI=1S/C8H7NO3S/c10-8(5-1-2-5)6-3-4-7(13-6)9(11)12/h3-5H,1-2H2. The molecule has 0 unspecified atom stereocenters. The number of ketones is 1. The van der Waals surface area contributed by atoms with Crippen molar-refractivity contribution >= 4 is 22.1 Å². The Morgan fingerprint density at radius 3 is 2.69 bits per heavy atom. The molecule has 0 saturated heterocycles. The van der Waals surface area contributed by atoms with Gasteiger partial charge >= 0.3 is 5.00 Å². The first-order valence-electron chi connectivity index (χ1n) is 3.97. The van der Waals surface area contributed by atoms with E-state index >= 15 is 0 Å². The molecule has 68 valence electrons. The molecule has 0 N–H and O–H groups in total. The third-order valence-electron chi connectivity index (χ3n) is 1.96. The summed E-state index contributed by atoms with van der Waals surface area (Å²) < 4.78 is 0. The van der Waals surface area contributed by atoms with Crippen molar-refractivity contribution < 1.29 is 9.72 Å². The smallest absolute Gasteiger partial charge is 0.293 e. The fourth-order valence-corrected chi connectivity index (χ4v) is 1.94. The van der Waals surface area contributed by atoms with E-state index in [0.717, 1.165) is 24.2 Å². The lowest BCUT2D eigenvalue weighted by molar-refractivity contribution is -0.380.